The summed E-state index contributed by atoms with van der Waals surface area (Å²) in [5, 5.41) is 3.54. The summed E-state index contributed by atoms with van der Waals surface area (Å²) in [6.07, 6.45) is 4.40. The van der Waals surface area contributed by atoms with Gasteiger partial charge in [-0.2, -0.15) is 0 Å². The van der Waals surface area contributed by atoms with E-state index in [1.165, 1.54) is 6.42 Å². The van der Waals surface area contributed by atoms with Crippen molar-refractivity contribution in [2.75, 3.05) is 19.8 Å². The van der Waals surface area contributed by atoms with Crippen molar-refractivity contribution in [1.29, 1.82) is 0 Å². The molecule has 0 aliphatic carbocycles. The van der Waals surface area contributed by atoms with Crippen LogP contribution in [0, 0.1) is 11.8 Å². The molecule has 88 valence electrons. The summed E-state index contributed by atoms with van der Waals surface area (Å²) in [4.78, 5) is 0. The van der Waals surface area contributed by atoms with Gasteiger partial charge in [0.05, 0.1) is 0 Å². The zero-order valence-electron chi connectivity index (χ0n) is 10.4. The summed E-state index contributed by atoms with van der Waals surface area (Å²) in [7, 11) is 0. The summed E-state index contributed by atoms with van der Waals surface area (Å²) in [5.41, 5.74) is 0. The Labute approximate surface area is 94.8 Å². The van der Waals surface area contributed by atoms with Gasteiger partial charge in [-0.3, -0.25) is 0 Å². The van der Waals surface area contributed by atoms with Gasteiger partial charge in [-0.1, -0.05) is 6.92 Å². The molecule has 0 aromatic heterocycles. The Balaban J connectivity index is 3.65. The van der Waals surface area contributed by atoms with Gasteiger partial charge in [0.2, 0.25) is 0 Å². The van der Waals surface area contributed by atoms with Crippen molar-refractivity contribution in [3.05, 3.63) is 0 Å². The zero-order chi connectivity index (χ0) is 11.4. The third-order valence-electron chi connectivity index (χ3n) is 2.29. The molecule has 1 unspecified atom stereocenters. The van der Waals surface area contributed by atoms with E-state index in [2.05, 4.69) is 24.1 Å². The van der Waals surface area contributed by atoms with E-state index in [0.717, 1.165) is 39.0 Å². The molecule has 0 aromatic carbocycles. The number of rotatable bonds is 9. The first-order valence-electron chi connectivity index (χ1n) is 6.05. The fourth-order valence-electron chi connectivity index (χ4n) is 1.44. The first kappa shape index (κ1) is 14.5. The van der Waals surface area contributed by atoms with Gasteiger partial charge in [-0.05, 0) is 39.7 Å². The molecule has 0 heterocycles. The Bertz CT molecular complexity index is 181. The lowest BCUT2D eigenvalue weighted by Crippen LogP contribution is -2.30. The third kappa shape index (κ3) is 9.78. The molecule has 0 spiro atoms. The van der Waals surface area contributed by atoms with E-state index in [-0.39, 0.29) is 0 Å². The van der Waals surface area contributed by atoms with E-state index in [1.807, 2.05) is 13.8 Å². The van der Waals surface area contributed by atoms with Gasteiger partial charge in [-0.15, -0.1) is 11.8 Å². The van der Waals surface area contributed by atoms with Gasteiger partial charge < -0.3 is 10.1 Å². The monoisotopic (exact) mass is 211 g/mol. The molecule has 15 heavy (non-hydrogen) atoms. The SMILES string of the molecule is CC#CCCC(CCOCC)NCCC. The molecule has 0 aromatic rings. The maximum absolute atomic E-state index is 5.37. The number of ether oxygens (including phenoxy) is 1. The molecule has 0 saturated carbocycles. The topological polar surface area (TPSA) is 21.3 Å². The number of nitrogens with one attached hydrogen (secondary N) is 1. The van der Waals surface area contributed by atoms with Crippen molar-refractivity contribution < 1.29 is 4.74 Å². The highest BCUT2D eigenvalue weighted by atomic mass is 16.5. The van der Waals surface area contributed by atoms with Crippen LogP contribution in [0.15, 0.2) is 0 Å². The van der Waals surface area contributed by atoms with Crippen LogP contribution in [0.1, 0.15) is 46.5 Å². The smallest absolute Gasteiger partial charge is 0.0480 e. The van der Waals surface area contributed by atoms with E-state index < -0.39 is 0 Å². The quantitative estimate of drug-likeness (QED) is 0.467. The van der Waals surface area contributed by atoms with Crippen LogP contribution >= 0.6 is 0 Å². The van der Waals surface area contributed by atoms with Gasteiger partial charge in [-0.25, -0.2) is 0 Å². The van der Waals surface area contributed by atoms with Crippen molar-refractivity contribution >= 4 is 0 Å². The van der Waals surface area contributed by atoms with Crippen molar-refractivity contribution in [3.8, 4) is 11.8 Å². The van der Waals surface area contributed by atoms with E-state index >= 15 is 0 Å². The second-order valence-corrected chi connectivity index (χ2v) is 3.60. The molecule has 2 heteroatoms. The van der Waals surface area contributed by atoms with Crippen LogP contribution in [0.25, 0.3) is 0 Å². The Morgan fingerprint density at radius 2 is 2.07 bits per heavy atom. The van der Waals surface area contributed by atoms with Crippen LogP contribution in [0.5, 0.6) is 0 Å². The molecule has 0 saturated heterocycles. The fourth-order valence-corrected chi connectivity index (χ4v) is 1.44. The number of hydrogen-bond acceptors (Lipinski definition) is 2. The minimum absolute atomic E-state index is 0.567. The molecule has 1 N–H and O–H groups in total. The zero-order valence-corrected chi connectivity index (χ0v) is 10.4. The van der Waals surface area contributed by atoms with Gasteiger partial charge in [0.15, 0.2) is 0 Å². The Kier molecular flexibility index (Phi) is 11.2. The highest BCUT2D eigenvalue weighted by Gasteiger charge is 2.05. The predicted octanol–water partition coefficient (Wildman–Crippen LogP) is 2.58. The van der Waals surface area contributed by atoms with Crippen LogP contribution in [-0.4, -0.2) is 25.8 Å². The standard InChI is InChI=1S/C13H25NO/c1-4-7-8-9-13(14-11-5-2)10-12-15-6-3/h13-14H,5-6,8-12H2,1-3H3. The van der Waals surface area contributed by atoms with Gasteiger partial charge in [0.1, 0.15) is 0 Å². The molecule has 2 nitrogen and oxygen atoms in total. The minimum Gasteiger partial charge on any atom is -0.382 e. The predicted molar refractivity (Wildman–Crippen MR) is 65.9 cm³/mol. The van der Waals surface area contributed by atoms with Crippen LogP contribution in [0.2, 0.25) is 0 Å². The van der Waals surface area contributed by atoms with Crippen molar-refractivity contribution in [3.63, 3.8) is 0 Å². The van der Waals surface area contributed by atoms with Gasteiger partial charge in [0.25, 0.3) is 0 Å². The van der Waals surface area contributed by atoms with Crippen LogP contribution in [-0.2, 0) is 4.74 Å². The molecule has 0 aliphatic heterocycles. The van der Waals surface area contributed by atoms with Crippen molar-refractivity contribution in [1.82, 2.24) is 5.32 Å². The lowest BCUT2D eigenvalue weighted by atomic mass is 10.1. The second kappa shape index (κ2) is 11.6. The minimum atomic E-state index is 0.567. The fraction of sp³-hybridized carbons (Fsp3) is 0.846. The molecule has 0 amide bonds. The second-order valence-electron chi connectivity index (χ2n) is 3.60. The molecule has 0 bridgehead atoms. The largest absolute Gasteiger partial charge is 0.382 e. The number of hydrogen-bond donors (Lipinski definition) is 1. The highest BCUT2D eigenvalue weighted by molar-refractivity contribution is 4.95. The van der Waals surface area contributed by atoms with Gasteiger partial charge >= 0.3 is 0 Å². The van der Waals surface area contributed by atoms with E-state index in [0.29, 0.717) is 6.04 Å². The highest BCUT2D eigenvalue weighted by Crippen LogP contribution is 2.02. The molecule has 0 aliphatic rings. The first-order valence-corrected chi connectivity index (χ1v) is 6.05. The van der Waals surface area contributed by atoms with E-state index in [9.17, 15) is 0 Å². The summed E-state index contributed by atoms with van der Waals surface area (Å²) in [6.45, 7) is 8.90. The average molecular weight is 211 g/mol. The molecule has 0 rings (SSSR count). The van der Waals surface area contributed by atoms with Crippen molar-refractivity contribution in [2.24, 2.45) is 0 Å². The van der Waals surface area contributed by atoms with Crippen LogP contribution < -0.4 is 5.32 Å². The average Bonchev–Trinajstić information content (AvgIpc) is 2.25. The van der Waals surface area contributed by atoms with Crippen LogP contribution in [0.4, 0.5) is 0 Å². The Morgan fingerprint density at radius 1 is 1.27 bits per heavy atom. The summed E-state index contributed by atoms with van der Waals surface area (Å²) in [5.74, 6) is 6.05. The Morgan fingerprint density at radius 3 is 2.67 bits per heavy atom. The maximum Gasteiger partial charge on any atom is 0.0480 e. The molecule has 0 radical (unpaired) electrons. The van der Waals surface area contributed by atoms with Crippen molar-refractivity contribution in [2.45, 2.75) is 52.5 Å². The lowest BCUT2D eigenvalue weighted by molar-refractivity contribution is 0.135. The third-order valence-corrected chi connectivity index (χ3v) is 2.29. The summed E-state index contributed by atoms with van der Waals surface area (Å²) in [6, 6.07) is 0.567. The molecular formula is C13H25NO. The molecule has 0 fully saturated rings. The summed E-state index contributed by atoms with van der Waals surface area (Å²) >= 11 is 0. The first-order chi connectivity index (χ1) is 7.35. The maximum atomic E-state index is 5.37. The van der Waals surface area contributed by atoms with Crippen LogP contribution in [0.3, 0.4) is 0 Å². The normalized spacial score (nSPS) is 11.9. The van der Waals surface area contributed by atoms with Gasteiger partial charge in [0, 0.05) is 25.7 Å². The summed E-state index contributed by atoms with van der Waals surface area (Å²) < 4.78 is 5.37. The Hall–Kier alpha value is -0.520. The lowest BCUT2D eigenvalue weighted by Gasteiger charge is -2.17. The van der Waals surface area contributed by atoms with E-state index in [1.54, 1.807) is 0 Å². The molecule has 1 atom stereocenters. The molecular weight excluding hydrogens is 186 g/mol. The van der Waals surface area contributed by atoms with E-state index in [4.69, 9.17) is 4.74 Å².